The number of aryl methyl sites for hydroxylation is 1. The lowest BCUT2D eigenvalue weighted by Gasteiger charge is -2.07. The predicted molar refractivity (Wildman–Crippen MR) is 78.0 cm³/mol. The van der Waals surface area contributed by atoms with Crippen molar-refractivity contribution in [2.45, 2.75) is 6.92 Å². The molecule has 1 amide bonds. The molecule has 0 atom stereocenters. The van der Waals surface area contributed by atoms with Crippen molar-refractivity contribution < 1.29 is 4.79 Å². The molecule has 3 aromatic rings. The van der Waals surface area contributed by atoms with Gasteiger partial charge in [-0.1, -0.05) is 17.7 Å². The number of nitrogens with one attached hydrogen (secondary N) is 2. The second-order valence-electron chi connectivity index (χ2n) is 4.48. The highest BCUT2D eigenvalue weighted by Crippen LogP contribution is 2.21. The van der Waals surface area contributed by atoms with Gasteiger partial charge < -0.3 is 5.32 Å². The molecule has 5 nitrogen and oxygen atoms in total. The number of halogens is 1. The summed E-state index contributed by atoms with van der Waals surface area (Å²) in [6.45, 7) is 1.88. The van der Waals surface area contributed by atoms with Crippen molar-refractivity contribution in [3.63, 3.8) is 0 Å². The molecular weight excluding hydrogens is 276 g/mol. The number of fused-ring (bicyclic) bond motifs is 1. The van der Waals surface area contributed by atoms with Crippen LogP contribution in [0.5, 0.6) is 0 Å². The maximum atomic E-state index is 12.2. The Morgan fingerprint density at radius 3 is 3.00 bits per heavy atom. The number of nitrogens with zero attached hydrogens (tertiary/aromatic N) is 2. The smallest absolute Gasteiger partial charge is 0.255 e. The summed E-state index contributed by atoms with van der Waals surface area (Å²) in [6, 6.07) is 7.10. The number of carbonyl (C=O) groups is 1. The molecule has 100 valence electrons. The lowest BCUT2D eigenvalue weighted by atomic mass is 10.1. The summed E-state index contributed by atoms with van der Waals surface area (Å²) in [5, 5.41) is 10.7. The number of H-pyrrole nitrogens is 1. The fourth-order valence-electron chi connectivity index (χ4n) is 1.91. The maximum Gasteiger partial charge on any atom is 0.255 e. The Labute approximate surface area is 120 Å². The number of benzene rings is 1. The van der Waals surface area contributed by atoms with Crippen molar-refractivity contribution in [1.82, 2.24) is 15.2 Å². The van der Waals surface area contributed by atoms with Crippen LogP contribution >= 0.6 is 11.6 Å². The summed E-state index contributed by atoms with van der Waals surface area (Å²) < 4.78 is 0. The van der Waals surface area contributed by atoms with E-state index in [0.717, 1.165) is 16.5 Å². The highest BCUT2D eigenvalue weighted by atomic mass is 35.5. The zero-order valence-electron chi connectivity index (χ0n) is 10.6. The lowest BCUT2D eigenvalue weighted by molar-refractivity contribution is 0.102. The number of rotatable bonds is 2. The van der Waals surface area contributed by atoms with Crippen LogP contribution in [0.15, 0.2) is 36.7 Å². The highest BCUT2D eigenvalue weighted by molar-refractivity contribution is 6.32. The molecule has 0 aliphatic carbocycles. The van der Waals surface area contributed by atoms with Crippen LogP contribution in [0.4, 0.5) is 5.69 Å². The van der Waals surface area contributed by atoms with Crippen molar-refractivity contribution in [1.29, 1.82) is 0 Å². The van der Waals surface area contributed by atoms with Gasteiger partial charge in [0.25, 0.3) is 5.91 Å². The van der Waals surface area contributed by atoms with Gasteiger partial charge in [0.15, 0.2) is 5.15 Å². The summed E-state index contributed by atoms with van der Waals surface area (Å²) >= 11 is 5.96. The molecule has 3 rings (SSSR count). The second kappa shape index (κ2) is 4.94. The molecule has 0 aliphatic heterocycles. The minimum Gasteiger partial charge on any atom is -0.319 e. The minimum atomic E-state index is -0.240. The van der Waals surface area contributed by atoms with Crippen LogP contribution in [0.25, 0.3) is 10.9 Å². The predicted octanol–water partition coefficient (Wildman–Crippen LogP) is 3.17. The molecular formula is C14H11ClN4O. The van der Waals surface area contributed by atoms with E-state index in [0.29, 0.717) is 11.3 Å². The monoisotopic (exact) mass is 286 g/mol. The Bertz CT molecular complexity index is 797. The van der Waals surface area contributed by atoms with Gasteiger partial charge in [0.05, 0.1) is 17.4 Å². The number of pyridine rings is 1. The van der Waals surface area contributed by atoms with Gasteiger partial charge in [-0.05, 0) is 30.7 Å². The summed E-state index contributed by atoms with van der Waals surface area (Å²) in [5.74, 6) is -0.240. The molecule has 0 aliphatic rings. The van der Waals surface area contributed by atoms with Crippen molar-refractivity contribution in [2.75, 3.05) is 5.32 Å². The van der Waals surface area contributed by atoms with Gasteiger partial charge in [0, 0.05) is 17.1 Å². The maximum absolute atomic E-state index is 12.2. The topological polar surface area (TPSA) is 70.7 Å². The second-order valence-corrected chi connectivity index (χ2v) is 4.84. The number of hydrogen-bond acceptors (Lipinski definition) is 3. The summed E-state index contributed by atoms with van der Waals surface area (Å²) in [5.41, 5.74) is 2.76. The molecule has 2 aromatic heterocycles. The van der Waals surface area contributed by atoms with Crippen LogP contribution in [0.2, 0.25) is 5.15 Å². The molecule has 6 heteroatoms. The van der Waals surface area contributed by atoms with Crippen molar-refractivity contribution >= 4 is 34.1 Å². The molecule has 0 bridgehead atoms. The van der Waals surface area contributed by atoms with Crippen molar-refractivity contribution in [3.8, 4) is 0 Å². The van der Waals surface area contributed by atoms with Crippen LogP contribution in [-0.2, 0) is 0 Å². The third-order valence-corrected chi connectivity index (χ3v) is 3.23. The zero-order chi connectivity index (χ0) is 14.1. The molecule has 0 saturated carbocycles. The number of carbonyl (C=O) groups excluding carboxylic acids is 1. The molecule has 2 heterocycles. The Morgan fingerprint density at radius 2 is 2.15 bits per heavy atom. The summed E-state index contributed by atoms with van der Waals surface area (Å²) in [7, 11) is 0. The summed E-state index contributed by atoms with van der Waals surface area (Å²) in [6.07, 6.45) is 3.35. The largest absolute Gasteiger partial charge is 0.319 e. The number of aromatic nitrogens is 3. The average molecular weight is 287 g/mol. The van der Waals surface area contributed by atoms with Gasteiger partial charge in [-0.15, -0.1) is 0 Å². The van der Waals surface area contributed by atoms with E-state index in [1.54, 1.807) is 30.6 Å². The highest BCUT2D eigenvalue weighted by Gasteiger charge is 2.10. The van der Waals surface area contributed by atoms with E-state index in [9.17, 15) is 4.79 Å². The Balaban J connectivity index is 1.90. The van der Waals surface area contributed by atoms with Crippen LogP contribution in [0.1, 0.15) is 15.9 Å². The normalized spacial score (nSPS) is 10.7. The first-order chi connectivity index (χ1) is 9.63. The van der Waals surface area contributed by atoms with E-state index < -0.39 is 0 Å². The van der Waals surface area contributed by atoms with Gasteiger partial charge in [-0.25, -0.2) is 4.98 Å². The Kier molecular flexibility index (Phi) is 3.12. The van der Waals surface area contributed by atoms with Gasteiger partial charge in [-0.2, -0.15) is 5.10 Å². The fraction of sp³-hybridized carbons (Fsp3) is 0.0714. The molecule has 0 saturated heterocycles. The van der Waals surface area contributed by atoms with E-state index in [-0.39, 0.29) is 11.1 Å². The SMILES string of the molecule is Cc1cnc(Cl)c(NC(=O)c2ccc3cn[nH]c3c2)c1. The molecule has 1 aromatic carbocycles. The molecule has 2 N–H and O–H groups in total. The average Bonchev–Trinajstić information content (AvgIpc) is 2.90. The van der Waals surface area contributed by atoms with E-state index in [2.05, 4.69) is 20.5 Å². The molecule has 0 fully saturated rings. The zero-order valence-corrected chi connectivity index (χ0v) is 11.4. The van der Waals surface area contributed by atoms with Crippen LogP contribution in [-0.4, -0.2) is 21.1 Å². The van der Waals surface area contributed by atoms with Crippen molar-refractivity contribution in [3.05, 3.63) is 52.9 Å². The minimum absolute atomic E-state index is 0.240. The van der Waals surface area contributed by atoms with Gasteiger partial charge >= 0.3 is 0 Å². The van der Waals surface area contributed by atoms with Gasteiger partial charge in [0.2, 0.25) is 0 Å². The van der Waals surface area contributed by atoms with Crippen molar-refractivity contribution in [2.24, 2.45) is 0 Å². The molecule has 0 spiro atoms. The number of hydrogen-bond donors (Lipinski definition) is 2. The standard InChI is InChI=1S/C14H11ClN4O/c1-8-4-12(13(15)16-6-8)18-14(20)9-2-3-10-7-17-19-11(10)5-9/h2-7H,1H3,(H,17,19)(H,18,20). The number of aromatic amines is 1. The molecule has 0 unspecified atom stereocenters. The van der Waals surface area contributed by atoms with E-state index in [1.165, 1.54) is 0 Å². The number of amides is 1. The number of anilines is 1. The lowest BCUT2D eigenvalue weighted by Crippen LogP contribution is -2.12. The van der Waals surface area contributed by atoms with Gasteiger partial charge in [0.1, 0.15) is 0 Å². The molecule has 20 heavy (non-hydrogen) atoms. The fourth-order valence-corrected chi connectivity index (χ4v) is 2.06. The Morgan fingerprint density at radius 1 is 1.30 bits per heavy atom. The molecule has 0 radical (unpaired) electrons. The Hall–Kier alpha value is -2.40. The van der Waals surface area contributed by atoms with Crippen LogP contribution < -0.4 is 5.32 Å². The summed E-state index contributed by atoms with van der Waals surface area (Å²) in [4.78, 5) is 16.2. The first-order valence-electron chi connectivity index (χ1n) is 6.00. The van der Waals surface area contributed by atoms with Crippen LogP contribution in [0.3, 0.4) is 0 Å². The van der Waals surface area contributed by atoms with E-state index in [1.807, 2.05) is 13.0 Å². The van der Waals surface area contributed by atoms with E-state index >= 15 is 0 Å². The third-order valence-electron chi connectivity index (χ3n) is 2.93. The first-order valence-corrected chi connectivity index (χ1v) is 6.38. The van der Waals surface area contributed by atoms with Crippen LogP contribution in [0, 0.1) is 6.92 Å². The third kappa shape index (κ3) is 2.35. The van der Waals surface area contributed by atoms with E-state index in [4.69, 9.17) is 11.6 Å². The quantitative estimate of drug-likeness (QED) is 0.711. The van der Waals surface area contributed by atoms with Gasteiger partial charge in [-0.3, -0.25) is 9.89 Å². The first kappa shape index (κ1) is 12.6.